The van der Waals surface area contributed by atoms with E-state index in [4.69, 9.17) is 16.0 Å². The van der Waals surface area contributed by atoms with E-state index in [1.807, 2.05) is 19.1 Å². The number of furan rings is 1. The summed E-state index contributed by atoms with van der Waals surface area (Å²) >= 11 is 8.97. The van der Waals surface area contributed by atoms with Gasteiger partial charge in [0.05, 0.1) is 6.04 Å². The second kappa shape index (κ2) is 5.59. The SMILES string of the molecule is CC(NC(=O)c1ccc(Br)o1)c1ccc(Cl)cc1. The molecule has 0 aliphatic heterocycles. The summed E-state index contributed by atoms with van der Waals surface area (Å²) in [5.74, 6) is 0.0332. The number of halogens is 2. The third-order valence-corrected chi connectivity index (χ3v) is 3.19. The van der Waals surface area contributed by atoms with E-state index in [2.05, 4.69) is 21.2 Å². The molecule has 0 bridgehead atoms. The monoisotopic (exact) mass is 327 g/mol. The molecule has 1 heterocycles. The first-order valence-corrected chi connectivity index (χ1v) is 6.55. The van der Waals surface area contributed by atoms with E-state index < -0.39 is 0 Å². The van der Waals surface area contributed by atoms with Crippen molar-refractivity contribution in [2.45, 2.75) is 13.0 Å². The van der Waals surface area contributed by atoms with Gasteiger partial charge in [-0.05, 0) is 52.7 Å². The maximum Gasteiger partial charge on any atom is 0.287 e. The Balaban J connectivity index is 2.05. The van der Waals surface area contributed by atoms with Crippen molar-refractivity contribution in [3.8, 4) is 0 Å². The molecule has 1 unspecified atom stereocenters. The molecule has 3 nitrogen and oxygen atoms in total. The predicted octanol–water partition coefficient (Wildman–Crippen LogP) is 4.19. The summed E-state index contributed by atoms with van der Waals surface area (Å²) in [7, 11) is 0. The van der Waals surface area contributed by atoms with Gasteiger partial charge < -0.3 is 9.73 Å². The first kappa shape index (κ1) is 13.2. The molecule has 0 fully saturated rings. The van der Waals surface area contributed by atoms with Gasteiger partial charge in [0.1, 0.15) is 0 Å². The Hall–Kier alpha value is -1.26. The van der Waals surface area contributed by atoms with Crippen molar-refractivity contribution in [2.24, 2.45) is 0 Å². The molecule has 1 aromatic heterocycles. The molecule has 94 valence electrons. The van der Waals surface area contributed by atoms with E-state index in [0.29, 0.717) is 9.69 Å². The van der Waals surface area contributed by atoms with Crippen LogP contribution in [0.15, 0.2) is 45.5 Å². The molecular formula is C13H11BrClNO2. The average Bonchev–Trinajstić information content (AvgIpc) is 2.76. The van der Waals surface area contributed by atoms with E-state index >= 15 is 0 Å². The summed E-state index contributed by atoms with van der Waals surface area (Å²) in [5, 5.41) is 3.52. The Morgan fingerprint density at radius 1 is 1.28 bits per heavy atom. The van der Waals surface area contributed by atoms with E-state index in [1.165, 1.54) is 0 Å². The molecule has 0 saturated heterocycles. The molecule has 18 heavy (non-hydrogen) atoms. The van der Waals surface area contributed by atoms with E-state index in [-0.39, 0.29) is 17.7 Å². The Kier molecular flexibility index (Phi) is 4.09. The van der Waals surface area contributed by atoms with Crippen molar-refractivity contribution < 1.29 is 9.21 Å². The van der Waals surface area contributed by atoms with Gasteiger partial charge in [-0.1, -0.05) is 23.7 Å². The smallest absolute Gasteiger partial charge is 0.287 e. The zero-order chi connectivity index (χ0) is 13.1. The Bertz CT molecular complexity index is 550. The van der Waals surface area contributed by atoms with E-state index in [0.717, 1.165) is 5.56 Å². The number of nitrogens with one attached hydrogen (secondary N) is 1. The van der Waals surface area contributed by atoms with Gasteiger partial charge in [0, 0.05) is 5.02 Å². The lowest BCUT2D eigenvalue weighted by Crippen LogP contribution is -2.26. The van der Waals surface area contributed by atoms with Crippen LogP contribution in [-0.2, 0) is 0 Å². The fourth-order valence-corrected chi connectivity index (χ4v) is 1.97. The highest BCUT2D eigenvalue weighted by Crippen LogP contribution is 2.18. The van der Waals surface area contributed by atoms with Crippen LogP contribution in [0.4, 0.5) is 0 Å². The lowest BCUT2D eigenvalue weighted by atomic mass is 10.1. The van der Waals surface area contributed by atoms with E-state index in [1.54, 1.807) is 24.3 Å². The van der Waals surface area contributed by atoms with Gasteiger partial charge in [-0.2, -0.15) is 0 Å². The predicted molar refractivity (Wildman–Crippen MR) is 73.7 cm³/mol. The molecule has 1 atom stereocenters. The van der Waals surface area contributed by atoms with Gasteiger partial charge >= 0.3 is 0 Å². The standard InChI is InChI=1S/C13H11BrClNO2/c1-8(9-2-4-10(15)5-3-9)16-13(17)11-6-7-12(14)18-11/h2-8H,1H3,(H,16,17). The first-order chi connectivity index (χ1) is 8.56. The third-order valence-electron chi connectivity index (χ3n) is 2.51. The summed E-state index contributed by atoms with van der Waals surface area (Å²) in [6, 6.07) is 10.5. The van der Waals surface area contributed by atoms with Crippen LogP contribution in [0.25, 0.3) is 0 Å². The van der Waals surface area contributed by atoms with Crippen molar-refractivity contribution in [1.82, 2.24) is 5.32 Å². The molecule has 2 rings (SSSR count). The molecule has 5 heteroatoms. The normalized spacial score (nSPS) is 12.2. The molecule has 0 spiro atoms. The molecule has 0 saturated carbocycles. The topological polar surface area (TPSA) is 42.2 Å². The number of amides is 1. The van der Waals surface area contributed by atoms with Crippen LogP contribution in [-0.4, -0.2) is 5.91 Å². The Labute approximate surface area is 118 Å². The van der Waals surface area contributed by atoms with Gasteiger partial charge in [0.2, 0.25) is 0 Å². The zero-order valence-electron chi connectivity index (χ0n) is 9.61. The lowest BCUT2D eigenvalue weighted by Gasteiger charge is -2.13. The first-order valence-electron chi connectivity index (χ1n) is 5.38. The molecule has 2 aromatic rings. The number of benzene rings is 1. The van der Waals surface area contributed by atoms with Crippen LogP contribution in [0.5, 0.6) is 0 Å². The number of hydrogen-bond acceptors (Lipinski definition) is 2. The minimum absolute atomic E-state index is 0.112. The Morgan fingerprint density at radius 2 is 1.94 bits per heavy atom. The van der Waals surface area contributed by atoms with Gasteiger partial charge in [-0.25, -0.2) is 0 Å². The molecule has 0 aliphatic carbocycles. The number of carbonyl (C=O) groups excluding carboxylic acids is 1. The van der Waals surface area contributed by atoms with Gasteiger partial charge in [0.25, 0.3) is 5.91 Å². The van der Waals surface area contributed by atoms with Gasteiger partial charge in [-0.15, -0.1) is 0 Å². The molecule has 0 radical (unpaired) electrons. The minimum Gasteiger partial charge on any atom is -0.444 e. The fraction of sp³-hybridized carbons (Fsp3) is 0.154. The second-order valence-corrected chi connectivity index (χ2v) is 5.07. The van der Waals surface area contributed by atoms with Crippen molar-refractivity contribution in [3.63, 3.8) is 0 Å². The number of carbonyl (C=O) groups is 1. The van der Waals surface area contributed by atoms with Crippen LogP contribution in [0.2, 0.25) is 5.02 Å². The highest BCUT2D eigenvalue weighted by atomic mass is 79.9. The number of hydrogen-bond donors (Lipinski definition) is 1. The van der Waals surface area contributed by atoms with Crippen LogP contribution >= 0.6 is 27.5 Å². The van der Waals surface area contributed by atoms with Crippen molar-refractivity contribution in [1.29, 1.82) is 0 Å². The van der Waals surface area contributed by atoms with Gasteiger partial charge in [0.15, 0.2) is 10.4 Å². The number of rotatable bonds is 3. The maximum absolute atomic E-state index is 11.9. The van der Waals surface area contributed by atoms with Crippen molar-refractivity contribution in [2.75, 3.05) is 0 Å². The highest BCUT2D eigenvalue weighted by molar-refractivity contribution is 9.10. The molecular weight excluding hydrogens is 318 g/mol. The quantitative estimate of drug-likeness (QED) is 0.918. The summed E-state index contributed by atoms with van der Waals surface area (Å²) in [4.78, 5) is 11.9. The summed E-state index contributed by atoms with van der Waals surface area (Å²) in [6.07, 6.45) is 0. The average molecular weight is 329 g/mol. The molecule has 1 amide bonds. The fourth-order valence-electron chi connectivity index (χ4n) is 1.54. The molecule has 0 aliphatic rings. The summed E-state index contributed by atoms with van der Waals surface area (Å²) in [6.45, 7) is 1.90. The van der Waals surface area contributed by atoms with Crippen molar-refractivity contribution >= 4 is 33.4 Å². The molecule has 1 aromatic carbocycles. The summed E-state index contributed by atoms with van der Waals surface area (Å²) < 4.78 is 5.72. The molecule has 1 N–H and O–H groups in total. The van der Waals surface area contributed by atoms with Crippen molar-refractivity contribution in [3.05, 3.63) is 57.4 Å². The zero-order valence-corrected chi connectivity index (χ0v) is 12.0. The summed E-state index contributed by atoms with van der Waals surface area (Å²) in [5.41, 5.74) is 0.985. The van der Waals surface area contributed by atoms with Crippen LogP contribution in [0.1, 0.15) is 29.1 Å². The minimum atomic E-state index is -0.247. The van der Waals surface area contributed by atoms with Crippen LogP contribution in [0.3, 0.4) is 0 Å². The van der Waals surface area contributed by atoms with E-state index in [9.17, 15) is 4.79 Å². The van der Waals surface area contributed by atoms with Crippen LogP contribution in [0, 0.1) is 0 Å². The second-order valence-electron chi connectivity index (χ2n) is 3.85. The largest absolute Gasteiger partial charge is 0.444 e. The van der Waals surface area contributed by atoms with Gasteiger partial charge in [-0.3, -0.25) is 4.79 Å². The van der Waals surface area contributed by atoms with Crippen LogP contribution < -0.4 is 5.32 Å². The highest BCUT2D eigenvalue weighted by Gasteiger charge is 2.14. The lowest BCUT2D eigenvalue weighted by molar-refractivity contribution is 0.0910. The Morgan fingerprint density at radius 3 is 2.50 bits per heavy atom. The maximum atomic E-state index is 11.9. The third kappa shape index (κ3) is 3.15.